The van der Waals surface area contributed by atoms with E-state index in [1.54, 1.807) is 12.1 Å². The van der Waals surface area contributed by atoms with E-state index in [1.807, 2.05) is 12.1 Å². The van der Waals surface area contributed by atoms with Crippen LogP contribution in [-0.2, 0) is 10.2 Å². The van der Waals surface area contributed by atoms with Gasteiger partial charge in [0.1, 0.15) is 11.9 Å². The molecule has 1 aromatic carbocycles. The minimum Gasteiger partial charge on any atom is -0.385 e. The molecule has 2 rings (SSSR count). The van der Waals surface area contributed by atoms with Gasteiger partial charge in [0.05, 0.1) is 0 Å². The summed E-state index contributed by atoms with van der Waals surface area (Å²) >= 11 is 3.33. The summed E-state index contributed by atoms with van der Waals surface area (Å²) in [6.45, 7) is 0. The van der Waals surface area contributed by atoms with Crippen molar-refractivity contribution < 1.29 is 8.42 Å². The van der Waals surface area contributed by atoms with E-state index in [4.69, 9.17) is 5.73 Å². The van der Waals surface area contributed by atoms with Crippen LogP contribution in [0.5, 0.6) is 0 Å². The minimum absolute atomic E-state index is 0.0573. The first kappa shape index (κ1) is 10.6. The lowest BCUT2D eigenvalue weighted by atomic mass is 10.1. The van der Waals surface area contributed by atoms with Crippen LogP contribution >= 0.6 is 15.9 Å². The van der Waals surface area contributed by atoms with Crippen molar-refractivity contribution in [3.8, 4) is 0 Å². The normalized spacial score (nSPS) is 23.8. The van der Waals surface area contributed by atoms with Crippen LogP contribution in [0.4, 0.5) is 0 Å². The quantitative estimate of drug-likeness (QED) is 0.798. The molecule has 1 heterocycles. The Balaban J connectivity index is 2.44. The van der Waals surface area contributed by atoms with Crippen LogP contribution in [0.2, 0.25) is 0 Å². The molecular weight excluding hydrogens is 282 g/mol. The number of nitrogens with two attached hydrogens (primary N) is 1. The van der Waals surface area contributed by atoms with Crippen molar-refractivity contribution >= 4 is 32.0 Å². The van der Waals surface area contributed by atoms with Gasteiger partial charge in [0.2, 0.25) is 0 Å². The lowest BCUT2D eigenvalue weighted by Gasteiger charge is -2.11. The second-order valence-corrected chi connectivity index (χ2v) is 5.29. The van der Waals surface area contributed by atoms with E-state index in [0.717, 1.165) is 10.0 Å². The van der Waals surface area contributed by atoms with Gasteiger partial charge >= 0.3 is 10.2 Å². The van der Waals surface area contributed by atoms with Crippen molar-refractivity contribution in [3.63, 3.8) is 0 Å². The molecule has 1 aliphatic rings. The van der Waals surface area contributed by atoms with Gasteiger partial charge < -0.3 is 5.73 Å². The van der Waals surface area contributed by atoms with Crippen LogP contribution in [0.1, 0.15) is 11.6 Å². The monoisotopic (exact) mass is 289 g/mol. The molecule has 5 nitrogen and oxygen atoms in total. The average molecular weight is 290 g/mol. The fourth-order valence-electron chi connectivity index (χ4n) is 1.36. The highest BCUT2D eigenvalue weighted by atomic mass is 79.9. The molecule has 3 N–H and O–H groups in total. The molecule has 80 valence electrons. The Bertz CT molecular complexity index is 526. The zero-order valence-corrected chi connectivity index (χ0v) is 9.92. The van der Waals surface area contributed by atoms with Gasteiger partial charge in [0, 0.05) is 4.47 Å². The molecule has 1 aromatic rings. The van der Waals surface area contributed by atoms with Crippen molar-refractivity contribution in [1.82, 2.24) is 4.72 Å². The van der Waals surface area contributed by atoms with E-state index in [2.05, 4.69) is 25.0 Å². The van der Waals surface area contributed by atoms with E-state index in [9.17, 15) is 8.42 Å². The first-order valence-electron chi connectivity index (χ1n) is 4.11. The lowest BCUT2D eigenvalue weighted by Crippen LogP contribution is -2.28. The van der Waals surface area contributed by atoms with Crippen LogP contribution in [0.15, 0.2) is 33.1 Å². The Labute approximate surface area is 95.7 Å². The summed E-state index contributed by atoms with van der Waals surface area (Å²) in [5.41, 5.74) is 6.29. The Morgan fingerprint density at radius 3 is 2.60 bits per heavy atom. The number of amidine groups is 1. The third-order valence-corrected chi connectivity index (χ3v) is 3.71. The molecule has 1 aliphatic heterocycles. The summed E-state index contributed by atoms with van der Waals surface area (Å²) < 4.78 is 28.8. The number of nitrogens with zero attached hydrogens (tertiary/aromatic N) is 1. The van der Waals surface area contributed by atoms with Gasteiger partial charge in [-0.05, 0) is 11.6 Å². The Morgan fingerprint density at radius 2 is 2.07 bits per heavy atom. The molecule has 15 heavy (non-hydrogen) atoms. The molecule has 7 heteroatoms. The van der Waals surface area contributed by atoms with Crippen molar-refractivity contribution in [2.45, 2.75) is 6.04 Å². The fraction of sp³-hybridized carbons (Fsp3) is 0.125. The largest absolute Gasteiger partial charge is 0.385 e. The molecule has 1 unspecified atom stereocenters. The molecule has 0 bridgehead atoms. The molecular formula is C8H8BrN3O2S. The van der Waals surface area contributed by atoms with Crippen molar-refractivity contribution in [1.29, 1.82) is 0 Å². The number of benzene rings is 1. The highest BCUT2D eigenvalue weighted by molar-refractivity contribution is 9.10. The third kappa shape index (κ3) is 2.04. The molecule has 0 spiro atoms. The van der Waals surface area contributed by atoms with Crippen LogP contribution in [0.25, 0.3) is 0 Å². The summed E-state index contributed by atoms with van der Waals surface area (Å²) in [5.74, 6) is 0.0573. The van der Waals surface area contributed by atoms with Crippen LogP contribution < -0.4 is 10.5 Å². The van der Waals surface area contributed by atoms with E-state index in [-0.39, 0.29) is 5.84 Å². The van der Waals surface area contributed by atoms with Crippen molar-refractivity contribution in [2.24, 2.45) is 10.1 Å². The summed E-state index contributed by atoms with van der Waals surface area (Å²) in [5, 5.41) is 0. The molecule has 0 aromatic heterocycles. The minimum atomic E-state index is -3.62. The van der Waals surface area contributed by atoms with Gasteiger partial charge in [-0.2, -0.15) is 13.1 Å². The van der Waals surface area contributed by atoms with Crippen LogP contribution in [0.3, 0.4) is 0 Å². The predicted molar refractivity (Wildman–Crippen MR) is 60.6 cm³/mol. The predicted octanol–water partition coefficient (Wildman–Crippen LogP) is 0.695. The zero-order valence-electron chi connectivity index (χ0n) is 7.51. The first-order valence-corrected chi connectivity index (χ1v) is 6.35. The molecule has 0 fully saturated rings. The van der Waals surface area contributed by atoms with Gasteiger partial charge in [0.15, 0.2) is 0 Å². The Hall–Kier alpha value is -0.920. The second kappa shape index (κ2) is 3.58. The number of rotatable bonds is 1. The molecule has 0 radical (unpaired) electrons. The molecule has 0 aliphatic carbocycles. The highest BCUT2D eigenvalue weighted by Gasteiger charge is 2.30. The fourth-order valence-corrected chi connectivity index (χ4v) is 2.85. The van der Waals surface area contributed by atoms with Crippen molar-refractivity contribution in [3.05, 3.63) is 34.3 Å². The molecule has 1 atom stereocenters. The summed E-state index contributed by atoms with van der Waals surface area (Å²) in [7, 11) is -3.62. The average Bonchev–Trinajstić information content (AvgIpc) is 2.40. The summed E-state index contributed by atoms with van der Waals surface area (Å²) in [4.78, 5) is 0. The van der Waals surface area contributed by atoms with Crippen LogP contribution in [-0.4, -0.2) is 14.3 Å². The van der Waals surface area contributed by atoms with Gasteiger partial charge in [-0.3, -0.25) is 0 Å². The maximum atomic E-state index is 11.1. The summed E-state index contributed by atoms with van der Waals surface area (Å²) in [6.07, 6.45) is 0. The van der Waals surface area contributed by atoms with E-state index >= 15 is 0 Å². The van der Waals surface area contributed by atoms with E-state index < -0.39 is 16.3 Å². The molecule has 0 saturated carbocycles. The van der Waals surface area contributed by atoms with E-state index in [0.29, 0.717) is 0 Å². The Morgan fingerprint density at radius 1 is 1.40 bits per heavy atom. The number of nitrogens with one attached hydrogen (secondary N) is 1. The van der Waals surface area contributed by atoms with E-state index in [1.165, 1.54) is 0 Å². The maximum absolute atomic E-state index is 11.1. The highest BCUT2D eigenvalue weighted by Crippen LogP contribution is 2.26. The zero-order chi connectivity index (χ0) is 11.1. The third-order valence-electron chi connectivity index (χ3n) is 2.00. The number of hydrogen-bond acceptors (Lipinski definition) is 3. The molecule has 0 saturated heterocycles. The summed E-state index contributed by atoms with van der Waals surface area (Å²) in [6, 6.07) is 6.66. The van der Waals surface area contributed by atoms with Gasteiger partial charge in [-0.1, -0.05) is 34.1 Å². The van der Waals surface area contributed by atoms with Gasteiger partial charge in [0.25, 0.3) is 0 Å². The van der Waals surface area contributed by atoms with Crippen molar-refractivity contribution in [2.75, 3.05) is 0 Å². The van der Waals surface area contributed by atoms with Gasteiger partial charge in [-0.25, -0.2) is 0 Å². The number of halogens is 1. The standard InChI is InChI=1S/C8H8BrN3O2S/c9-6-4-2-1-3-5(6)7-8(10)12-15(13,14)11-7/h1-4,7,11H,(H2,10,12). The molecule has 0 amide bonds. The number of hydrogen-bond donors (Lipinski definition) is 2. The maximum Gasteiger partial charge on any atom is 0.322 e. The first-order chi connectivity index (χ1) is 6.99. The van der Waals surface area contributed by atoms with Crippen LogP contribution in [0, 0.1) is 0 Å². The lowest BCUT2D eigenvalue weighted by molar-refractivity contribution is 0.585. The smallest absolute Gasteiger partial charge is 0.322 e. The SMILES string of the molecule is NC1=NS(=O)(=O)NC1c1ccccc1Br. The Kier molecular flexibility index (Phi) is 2.53. The second-order valence-electron chi connectivity index (χ2n) is 3.06. The topological polar surface area (TPSA) is 84.5 Å². The van der Waals surface area contributed by atoms with Gasteiger partial charge in [-0.15, -0.1) is 4.40 Å².